The maximum atomic E-state index is 12.2. The number of primary amides is 1. The number of benzene rings is 1. The second kappa shape index (κ2) is 8.23. The summed E-state index contributed by atoms with van der Waals surface area (Å²) in [7, 11) is 3.11. The van der Waals surface area contributed by atoms with Crippen molar-refractivity contribution in [3.8, 4) is 11.5 Å². The summed E-state index contributed by atoms with van der Waals surface area (Å²) in [6.07, 6.45) is 0. The Morgan fingerprint density at radius 2 is 1.86 bits per heavy atom. The van der Waals surface area contributed by atoms with Gasteiger partial charge in [0.1, 0.15) is 22.9 Å². The van der Waals surface area contributed by atoms with Crippen LogP contribution >= 0.6 is 0 Å². The van der Waals surface area contributed by atoms with Gasteiger partial charge in [0.15, 0.2) is 11.5 Å². The number of aryl methyl sites for hydroxylation is 1. The number of carbonyl (C=O) groups excluding carboxylic acids is 1. The van der Waals surface area contributed by atoms with Gasteiger partial charge in [-0.05, 0) is 13.8 Å². The lowest BCUT2D eigenvalue weighted by atomic mass is 10.2. The number of anilines is 3. The molecule has 3 aromatic rings. The number of methoxy groups -OCH3 is 2. The van der Waals surface area contributed by atoms with Crippen molar-refractivity contribution in [3.63, 3.8) is 0 Å². The lowest BCUT2D eigenvalue weighted by Crippen LogP contribution is -2.26. The first-order valence-electron chi connectivity index (χ1n) is 9.02. The van der Waals surface area contributed by atoms with E-state index in [0.717, 1.165) is 0 Å². The van der Waals surface area contributed by atoms with Crippen molar-refractivity contribution in [3.05, 3.63) is 35.5 Å². The lowest BCUT2D eigenvalue weighted by molar-refractivity contribution is 0.100. The van der Waals surface area contributed by atoms with Crippen molar-refractivity contribution < 1.29 is 14.3 Å². The standard InChI is InChI=1S/C19H25N7O3/c1-10(20)9-22-15-5-11(2)23-19-16(17(21)27)18(25-26(15)19)24-12-6-13(28-3)8-14(7-12)29-4/h5-8,10,22H,9,20H2,1-4H3,(H2,21,27)(H,24,25)/t10-/m1/s1. The summed E-state index contributed by atoms with van der Waals surface area (Å²) in [5.41, 5.74) is 13.4. The number of carbonyl (C=O) groups is 1. The van der Waals surface area contributed by atoms with Gasteiger partial charge < -0.3 is 31.6 Å². The lowest BCUT2D eigenvalue weighted by Gasteiger charge is -2.11. The third-order valence-corrected chi connectivity index (χ3v) is 4.18. The molecule has 3 rings (SSSR count). The molecule has 0 saturated carbocycles. The van der Waals surface area contributed by atoms with E-state index in [4.69, 9.17) is 20.9 Å². The van der Waals surface area contributed by atoms with Gasteiger partial charge in [0.25, 0.3) is 5.91 Å². The van der Waals surface area contributed by atoms with Crippen molar-refractivity contribution in [2.75, 3.05) is 31.4 Å². The van der Waals surface area contributed by atoms with Crippen LogP contribution in [0.2, 0.25) is 0 Å². The minimum Gasteiger partial charge on any atom is -0.497 e. The predicted molar refractivity (Wildman–Crippen MR) is 111 cm³/mol. The summed E-state index contributed by atoms with van der Waals surface area (Å²) >= 11 is 0. The molecule has 0 bridgehead atoms. The number of ether oxygens (including phenoxy) is 2. The van der Waals surface area contributed by atoms with Crippen LogP contribution in [0.4, 0.5) is 17.3 Å². The van der Waals surface area contributed by atoms with Gasteiger partial charge in [0.2, 0.25) is 0 Å². The Morgan fingerprint density at radius 3 is 2.41 bits per heavy atom. The van der Waals surface area contributed by atoms with Crippen LogP contribution in [0.15, 0.2) is 24.3 Å². The number of aromatic nitrogens is 3. The Morgan fingerprint density at radius 1 is 1.21 bits per heavy atom. The summed E-state index contributed by atoms with van der Waals surface area (Å²) in [6.45, 7) is 4.24. The van der Waals surface area contributed by atoms with Gasteiger partial charge >= 0.3 is 0 Å². The molecule has 10 nitrogen and oxygen atoms in total. The molecule has 0 aliphatic carbocycles. The number of nitrogens with two attached hydrogens (primary N) is 2. The number of rotatable bonds is 8. The molecular weight excluding hydrogens is 374 g/mol. The zero-order chi connectivity index (χ0) is 21.1. The van der Waals surface area contributed by atoms with Gasteiger partial charge in [0, 0.05) is 48.2 Å². The number of nitrogens with zero attached hydrogens (tertiary/aromatic N) is 3. The Balaban J connectivity index is 2.11. The first-order valence-corrected chi connectivity index (χ1v) is 9.02. The van der Waals surface area contributed by atoms with Crippen molar-refractivity contribution in [2.24, 2.45) is 11.5 Å². The smallest absolute Gasteiger partial charge is 0.256 e. The maximum absolute atomic E-state index is 12.2. The second-order valence-electron chi connectivity index (χ2n) is 6.69. The molecule has 0 aliphatic rings. The minimum absolute atomic E-state index is 0.0634. The molecule has 29 heavy (non-hydrogen) atoms. The van der Waals surface area contributed by atoms with Crippen LogP contribution in [0, 0.1) is 6.92 Å². The molecule has 0 saturated heterocycles. The number of hydrogen-bond acceptors (Lipinski definition) is 8. The minimum atomic E-state index is -0.645. The number of amides is 1. The van der Waals surface area contributed by atoms with Gasteiger partial charge in [-0.2, -0.15) is 4.52 Å². The van der Waals surface area contributed by atoms with Crippen molar-refractivity contribution >= 4 is 28.9 Å². The average molecular weight is 399 g/mol. The summed E-state index contributed by atoms with van der Waals surface area (Å²) in [5.74, 6) is 1.46. The number of hydrogen-bond donors (Lipinski definition) is 4. The highest BCUT2D eigenvalue weighted by molar-refractivity contribution is 6.04. The highest BCUT2D eigenvalue weighted by Crippen LogP contribution is 2.30. The zero-order valence-electron chi connectivity index (χ0n) is 16.8. The van der Waals surface area contributed by atoms with Gasteiger partial charge in [-0.3, -0.25) is 4.79 Å². The van der Waals surface area contributed by atoms with E-state index in [1.54, 1.807) is 32.4 Å². The van der Waals surface area contributed by atoms with Crippen LogP contribution in [-0.2, 0) is 0 Å². The third-order valence-electron chi connectivity index (χ3n) is 4.18. The van der Waals surface area contributed by atoms with E-state index in [0.29, 0.717) is 40.9 Å². The average Bonchev–Trinajstić information content (AvgIpc) is 3.03. The maximum Gasteiger partial charge on any atom is 0.256 e. The molecule has 0 radical (unpaired) electrons. The normalized spacial score (nSPS) is 11.9. The van der Waals surface area contributed by atoms with Crippen LogP contribution < -0.4 is 31.6 Å². The molecule has 10 heteroatoms. The molecular formula is C19H25N7O3. The summed E-state index contributed by atoms with van der Waals surface area (Å²) in [4.78, 5) is 16.7. The van der Waals surface area contributed by atoms with Crippen LogP contribution in [0.1, 0.15) is 23.0 Å². The molecule has 1 aromatic carbocycles. The quantitative estimate of drug-likeness (QED) is 0.448. The molecule has 0 unspecified atom stereocenters. The largest absolute Gasteiger partial charge is 0.497 e. The molecule has 0 aliphatic heterocycles. The number of nitrogens with one attached hydrogen (secondary N) is 2. The Kier molecular flexibility index (Phi) is 5.74. The Labute approximate surface area is 168 Å². The molecule has 0 fully saturated rings. The Hall–Kier alpha value is -3.53. The summed E-state index contributed by atoms with van der Waals surface area (Å²) in [5, 5.41) is 10.9. The molecule has 154 valence electrons. The first-order chi connectivity index (χ1) is 13.8. The fraction of sp³-hybridized carbons (Fsp3) is 0.316. The van der Waals surface area contributed by atoms with E-state index < -0.39 is 5.91 Å². The van der Waals surface area contributed by atoms with E-state index in [2.05, 4.69) is 20.7 Å². The predicted octanol–water partition coefficient (Wildman–Crippen LogP) is 1.66. The van der Waals surface area contributed by atoms with E-state index in [-0.39, 0.29) is 17.4 Å². The molecule has 0 spiro atoms. The molecule has 6 N–H and O–H groups in total. The summed E-state index contributed by atoms with van der Waals surface area (Å²) < 4.78 is 12.1. The van der Waals surface area contributed by atoms with Gasteiger partial charge in [0.05, 0.1) is 14.2 Å². The van der Waals surface area contributed by atoms with Crippen LogP contribution in [-0.4, -0.2) is 47.3 Å². The molecule has 2 heterocycles. The molecule has 2 aromatic heterocycles. The fourth-order valence-electron chi connectivity index (χ4n) is 2.86. The van der Waals surface area contributed by atoms with Gasteiger partial charge in [-0.15, -0.1) is 5.10 Å². The molecule has 1 amide bonds. The Bertz CT molecular complexity index is 1020. The third kappa shape index (κ3) is 4.32. The van der Waals surface area contributed by atoms with Crippen molar-refractivity contribution in [2.45, 2.75) is 19.9 Å². The second-order valence-corrected chi connectivity index (χ2v) is 6.69. The van der Waals surface area contributed by atoms with Crippen molar-refractivity contribution in [1.82, 2.24) is 14.6 Å². The van der Waals surface area contributed by atoms with E-state index in [9.17, 15) is 4.79 Å². The van der Waals surface area contributed by atoms with E-state index >= 15 is 0 Å². The van der Waals surface area contributed by atoms with E-state index in [1.807, 2.05) is 19.9 Å². The van der Waals surface area contributed by atoms with Crippen LogP contribution in [0.25, 0.3) is 5.65 Å². The SMILES string of the molecule is COc1cc(Nc2nn3c(NC[C@@H](C)N)cc(C)nc3c2C(N)=O)cc(OC)c1. The topological polar surface area (TPSA) is 142 Å². The first kappa shape index (κ1) is 20.2. The van der Waals surface area contributed by atoms with Gasteiger partial charge in [-0.1, -0.05) is 0 Å². The van der Waals surface area contributed by atoms with Crippen molar-refractivity contribution in [1.29, 1.82) is 0 Å². The van der Waals surface area contributed by atoms with E-state index in [1.165, 1.54) is 4.52 Å². The fourth-order valence-corrected chi connectivity index (χ4v) is 2.86. The zero-order valence-corrected chi connectivity index (χ0v) is 16.8. The number of fused-ring (bicyclic) bond motifs is 1. The van der Waals surface area contributed by atoms with Crippen LogP contribution in [0.3, 0.4) is 0 Å². The summed E-state index contributed by atoms with van der Waals surface area (Å²) in [6, 6.07) is 7.01. The monoisotopic (exact) mass is 399 g/mol. The highest BCUT2D eigenvalue weighted by atomic mass is 16.5. The van der Waals surface area contributed by atoms with Crippen LogP contribution in [0.5, 0.6) is 11.5 Å². The highest BCUT2D eigenvalue weighted by Gasteiger charge is 2.22. The van der Waals surface area contributed by atoms with Gasteiger partial charge in [-0.25, -0.2) is 4.98 Å². The molecule has 1 atom stereocenters.